The summed E-state index contributed by atoms with van der Waals surface area (Å²) in [4.78, 5) is 13.4. The van der Waals surface area contributed by atoms with Crippen LogP contribution in [0, 0.1) is 5.92 Å². The first-order chi connectivity index (χ1) is 9.34. The van der Waals surface area contributed by atoms with Gasteiger partial charge in [0.2, 0.25) is 0 Å². The van der Waals surface area contributed by atoms with Crippen molar-refractivity contribution >= 4 is 0 Å². The minimum Gasteiger partial charge on any atom is -0.333 e. The summed E-state index contributed by atoms with van der Waals surface area (Å²) in [6.45, 7) is 2.22. The van der Waals surface area contributed by atoms with E-state index >= 15 is 0 Å². The Kier molecular flexibility index (Phi) is 3.55. The standard InChI is InChI=1S/C14H19N5/c1-19-8-7-18-14(19)13-12(16-5-6-17-13)9-11-3-2-4-15-10-11/h5-8,11,15H,2-4,9-10H2,1H3/t11-/m1/s1. The van der Waals surface area contributed by atoms with Crippen LogP contribution in [0.2, 0.25) is 0 Å². The van der Waals surface area contributed by atoms with E-state index in [0.717, 1.165) is 36.7 Å². The van der Waals surface area contributed by atoms with Crippen LogP contribution in [0.25, 0.3) is 11.5 Å². The van der Waals surface area contributed by atoms with Gasteiger partial charge in [0.15, 0.2) is 5.82 Å². The van der Waals surface area contributed by atoms with Gasteiger partial charge in [0.25, 0.3) is 0 Å². The SMILES string of the molecule is Cn1ccnc1-c1nccnc1C[C@H]1CCCNC1. The van der Waals surface area contributed by atoms with Crippen LogP contribution < -0.4 is 5.32 Å². The van der Waals surface area contributed by atoms with Crippen LogP contribution in [-0.2, 0) is 13.5 Å². The lowest BCUT2D eigenvalue weighted by Gasteiger charge is -2.22. The van der Waals surface area contributed by atoms with Crippen LogP contribution >= 0.6 is 0 Å². The highest BCUT2D eigenvalue weighted by Crippen LogP contribution is 2.22. The zero-order valence-electron chi connectivity index (χ0n) is 11.2. The summed E-state index contributed by atoms with van der Waals surface area (Å²) in [5.74, 6) is 1.55. The molecule has 1 aliphatic rings. The van der Waals surface area contributed by atoms with Crippen molar-refractivity contribution in [3.8, 4) is 11.5 Å². The fraction of sp³-hybridized carbons (Fsp3) is 0.500. The van der Waals surface area contributed by atoms with Crippen LogP contribution in [0.15, 0.2) is 24.8 Å². The molecule has 2 aromatic rings. The predicted octanol–water partition coefficient (Wildman–Crippen LogP) is 1.42. The molecule has 2 aromatic heterocycles. The second-order valence-electron chi connectivity index (χ2n) is 5.13. The highest BCUT2D eigenvalue weighted by Gasteiger charge is 2.18. The monoisotopic (exact) mass is 257 g/mol. The molecule has 1 saturated heterocycles. The topological polar surface area (TPSA) is 55.6 Å². The molecule has 0 amide bonds. The quantitative estimate of drug-likeness (QED) is 0.903. The fourth-order valence-corrected chi connectivity index (χ4v) is 2.67. The Labute approximate surface area is 113 Å². The fourth-order valence-electron chi connectivity index (χ4n) is 2.67. The van der Waals surface area contributed by atoms with E-state index in [-0.39, 0.29) is 0 Å². The van der Waals surface area contributed by atoms with E-state index in [4.69, 9.17) is 0 Å². The molecule has 5 nitrogen and oxygen atoms in total. The lowest BCUT2D eigenvalue weighted by Crippen LogP contribution is -2.31. The zero-order chi connectivity index (χ0) is 13.1. The van der Waals surface area contributed by atoms with Crippen LogP contribution in [0.5, 0.6) is 0 Å². The molecule has 100 valence electrons. The Balaban J connectivity index is 1.87. The number of imidazole rings is 1. The molecule has 3 heterocycles. The molecule has 0 aliphatic carbocycles. The van der Waals surface area contributed by atoms with Crippen molar-refractivity contribution in [1.82, 2.24) is 24.8 Å². The van der Waals surface area contributed by atoms with Crippen molar-refractivity contribution in [1.29, 1.82) is 0 Å². The molecule has 0 bridgehead atoms. The van der Waals surface area contributed by atoms with Crippen LogP contribution in [0.3, 0.4) is 0 Å². The van der Waals surface area contributed by atoms with E-state index in [1.165, 1.54) is 12.8 Å². The van der Waals surface area contributed by atoms with Crippen LogP contribution in [0.4, 0.5) is 0 Å². The number of aryl methyl sites for hydroxylation is 1. The van der Waals surface area contributed by atoms with E-state index in [0.29, 0.717) is 5.92 Å². The average molecular weight is 257 g/mol. The maximum Gasteiger partial charge on any atom is 0.160 e. The van der Waals surface area contributed by atoms with E-state index in [2.05, 4.69) is 20.3 Å². The minimum atomic E-state index is 0.657. The van der Waals surface area contributed by atoms with E-state index in [9.17, 15) is 0 Å². The van der Waals surface area contributed by atoms with Gasteiger partial charge in [-0.15, -0.1) is 0 Å². The van der Waals surface area contributed by atoms with Crippen LogP contribution in [0.1, 0.15) is 18.5 Å². The summed E-state index contributed by atoms with van der Waals surface area (Å²) >= 11 is 0. The number of hydrogen-bond acceptors (Lipinski definition) is 4. The third-order valence-corrected chi connectivity index (χ3v) is 3.69. The molecule has 0 spiro atoms. The zero-order valence-corrected chi connectivity index (χ0v) is 11.2. The smallest absolute Gasteiger partial charge is 0.160 e. The molecular formula is C14H19N5. The molecule has 19 heavy (non-hydrogen) atoms. The van der Waals surface area contributed by atoms with Gasteiger partial charge in [0.1, 0.15) is 5.69 Å². The summed E-state index contributed by atoms with van der Waals surface area (Å²) in [6.07, 6.45) is 10.8. The van der Waals surface area contributed by atoms with Gasteiger partial charge in [0, 0.05) is 31.8 Å². The largest absolute Gasteiger partial charge is 0.333 e. The molecule has 3 rings (SSSR count). The first kappa shape index (κ1) is 12.3. The highest BCUT2D eigenvalue weighted by atomic mass is 15.1. The summed E-state index contributed by atoms with van der Waals surface area (Å²) < 4.78 is 1.99. The highest BCUT2D eigenvalue weighted by molar-refractivity contribution is 5.52. The molecule has 1 aliphatic heterocycles. The van der Waals surface area contributed by atoms with Crippen molar-refractivity contribution in [3.63, 3.8) is 0 Å². The molecular weight excluding hydrogens is 238 g/mol. The Hall–Kier alpha value is -1.75. The second kappa shape index (κ2) is 5.48. The summed E-state index contributed by atoms with van der Waals surface area (Å²) in [7, 11) is 1.99. The summed E-state index contributed by atoms with van der Waals surface area (Å²) in [6, 6.07) is 0. The Bertz CT molecular complexity index is 542. The van der Waals surface area contributed by atoms with Crippen LogP contribution in [-0.4, -0.2) is 32.6 Å². The lowest BCUT2D eigenvalue weighted by atomic mass is 9.94. The van der Waals surface area contributed by atoms with E-state index in [1.807, 2.05) is 17.8 Å². The second-order valence-corrected chi connectivity index (χ2v) is 5.13. The Morgan fingerprint density at radius 2 is 2.16 bits per heavy atom. The van der Waals surface area contributed by atoms with Gasteiger partial charge in [0.05, 0.1) is 5.69 Å². The molecule has 1 N–H and O–H groups in total. The first-order valence-corrected chi connectivity index (χ1v) is 6.83. The predicted molar refractivity (Wildman–Crippen MR) is 73.5 cm³/mol. The van der Waals surface area contributed by atoms with Crippen molar-refractivity contribution in [2.75, 3.05) is 13.1 Å². The minimum absolute atomic E-state index is 0.657. The number of piperidine rings is 1. The maximum atomic E-state index is 4.53. The average Bonchev–Trinajstić information content (AvgIpc) is 2.87. The van der Waals surface area contributed by atoms with E-state index in [1.54, 1.807) is 18.6 Å². The molecule has 0 saturated carbocycles. The van der Waals surface area contributed by atoms with Crippen molar-refractivity contribution in [2.45, 2.75) is 19.3 Å². The van der Waals surface area contributed by atoms with Gasteiger partial charge in [-0.2, -0.15) is 0 Å². The number of rotatable bonds is 3. The van der Waals surface area contributed by atoms with Gasteiger partial charge in [-0.3, -0.25) is 4.98 Å². The lowest BCUT2D eigenvalue weighted by molar-refractivity contribution is 0.373. The van der Waals surface area contributed by atoms with Crippen molar-refractivity contribution in [3.05, 3.63) is 30.5 Å². The van der Waals surface area contributed by atoms with Gasteiger partial charge in [-0.25, -0.2) is 9.97 Å². The third-order valence-electron chi connectivity index (χ3n) is 3.69. The first-order valence-electron chi connectivity index (χ1n) is 6.83. The Morgan fingerprint density at radius 1 is 1.26 bits per heavy atom. The number of nitrogens with zero attached hydrogens (tertiary/aromatic N) is 4. The number of nitrogens with one attached hydrogen (secondary N) is 1. The maximum absolute atomic E-state index is 4.53. The summed E-state index contributed by atoms with van der Waals surface area (Å²) in [5, 5.41) is 3.45. The molecule has 0 unspecified atom stereocenters. The number of hydrogen-bond donors (Lipinski definition) is 1. The third kappa shape index (κ3) is 2.66. The van der Waals surface area contributed by atoms with Gasteiger partial charge in [-0.1, -0.05) is 0 Å². The van der Waals surface area contributed by atoms with Gasteiger partial charge in [-0.05, 0) is 38.3 Å². The molecule has 1 atom stereocenters. The van der Waals surface area contributed by atoms with Gasteiger partial charge < -0.3 is 9.88 Å². The molecule has 0 radical (unpaired) electrons. The Morgan fingerprint density at radius 3 is 2.89 bits per heavy atom. The number of aromatic nitrogens is 4. The molecule has 1 fully saturated rings. The van der Waals surface area contributed by atoms with Gasteiger partial charge >= 0.3 is 0 Å². The normalized spacial score (nSPS) is 19.5. The van der Waals surface area contributed by atoms with E-state index < -0.39 is 0 Å². The summed E-state index contributed by atoms with van der Waals surface area (Å²) in [5.41, 5.74) is 1.98. The van der Waals surface area contributed by atoms with Crippen molar-refractivity contribution < 1.29 is 0 Å². The molecule has 5 heteroatoms. The van der Waals surface area contributed by atoms with Crippen molar-refractivity contribution in [2.24, 2.45) is 13.0 Å². The molecule has 0 aromatic carbocycles.